The molecule has 0 N–H and O–H groups in total. The SMILES string of the molecule is CCOC(CN1CCn2cnnc2C1)OCC. The average molecular weight is 240 g/mol. The number of ether oxygens (including phenoxy) is 2. The minimum absolute atomic E-state index is 0.139. The van der Waals surface area contributed by atoms with Crippen LogP contribution in [-0.2, 0) is 22.6 Å². The van der Waals surface area contributed by atoms with Gasteiger partial charge in [-0.2, -0.15) is 0 Å². The summed E-state index contributed by atoms with van der Waals surface area (Å²) in [5, 5.41) is 8.01. The van der Waals surface area contributed by atoms with Crippen molar-refractivity contribution in [3.8, 4) is 0 Å². The second-order valence-corrected chi connectivity index (χ2v) is 4.02. The normalized spacial score (nSPS) is 16.4. The third kappa shape index (κ3) is 3.24. The Bertz CT molecular complexity index is 336. The van der Waals surface area contributed by atoms with E-state index in [2.05, 4.69) is 19.7 Å². The molecule has 0 bridgehead atoms. The Labute approximate surface area is 102 Å². The molecule has 1 aliphatic rings. The first-order valence-electron chi connectivity index (χ1n) is 6.15. The molecule has 0 spiro atoms. The fraction of sp³-hybridized carbons (Fsp3) is 0.818. The summed E-state index contributed by atoms with van der Waals surface area (Å²) in [7, 11) is 0. The van der Waals surface area contributed by atoms with E-state index in [0.717, 1.165) is 32.0 Å². The molecule has 0 saturated carbocycles. The Hall–Kier alpha value is -0.980. The summed E-state index contributed by atoms with van der Waals surface area (Å²) in [4.78, 5) is 2.29. The van der Waals surface area contributed by atoms with Gasteiger partial charge in [0.2, 0.25) is 0 Å². The molecule has 0 aromatic carbocycles. The standard InChI is InChI=1S/C11H20N4O2/c1-3-16-11(17-4-2)8-14-5-6-15-9-12-13-10(15)7-14/h9,11H,3-8H2,1-2H3. The first kappa shape index (κ1) is 12.5. The van der Waals surface area contributed by atoms with Crippen LogP contribution in [0.2, 0.25) is 0 Å². The van der Waals surface area contributed by atoms with Crippen LogP contribution in [0.4, 0.5) is 0 Å². The first-order chi connectivity index (χ1) is 8.33. The van der Waals surface area contributed by atoms with Crippen LogP contribution in [0.15, 0.2) is 6.33 Å². The van der Waals surface area contributed by atoms with Crippen molar-refractivity contribution >= 4 is 0 Å². The van der Waals surface area contributed by atoms with Crippen LogP contribution in [-0.4, -0.2) is 52.3 Å². The lowest BCUT2D eigenvalue weighted by Gasteiger charge is -2.30. The average Bonchev–Trinajstić information content (AvgIpc) is 2.77. The molecule has 0 saturated heterocycles. The molecule has 96 valence electrons. The highest BCUT2D eigenvalue weighted by Gasteiger charge is 2.20. The molecule has 0 amide bonds. The largest absolute Gasteiger partial charge is 0.352 e. The maximum atomic E-state index is 5.55. The van der Waals surface area contributed by atoms with Crippen molar-refractivity contribution in [2.24, 2.45) is 0 Å². The lowest BCUT2D eigenvalue weighted by atomic mass is 10.3. The van der Waals surface area contributed by atoms with Gasteiger partial charge in [0.15, 0.2) is 6.29 Å². The molecular formula is C11H20N4O2. The number of fused-ring (bicyclic) bond motifs is 1. The molecule has 0 atom stereocenters. The molecular weight excluding hydrogens is 220 g/mol. The molecule has 0 fully saturated rings. The molecule has 1 aromatic rings. The van der Waals surface area contributed by atoms with Gasteiger partial charge in [0.05, 0.1) is 13.1 Å². The van der Waals surface area contributed by atoms with E-state index < -0.39 is 0 Å². The maximum Gasteiger partial charge on any atom is 0.170 e. The molecule has 1 aliphatic heterocycles. The van der Waals surface area contributed by atoms with Gasteiger partial charge in [-0.3, -0.25) is 4.90 Å². The zero-order valence-electron chi connectivity index (χ0n) is 10.5. The predicted octanol–water partition coefficient (Wildman–Crippen LogP) is 0.493. The third-order valence-electron chi connectivity index (χ3n) is 2.83. The zero-order valence-corrected chi connectivity index (χ0v) is 10.5. The second-order valence-electron chi connectivity index (χ2n) is 4.02. The smallest absolute Gasteiger partial charge is 0.170 e. The van der Waals surface area contributed by atoms with E-state index in [9.17, 15) is 0 Å². The van der Waals surface area contributed by atoms with Crippen molar-refractivity contribution in [2.75, 3.05) is 26.3 Å². The van der Waals surface area contributed by atoms with Gasteiger partial charge in [-0.25, -0.2) is 0 Å². The summed E-state index contributed by atoms with van der Waals surface area (Å²) in [5.74, 6) is 1.02. The highest BCUT2D eigenvalue weighted by molar-refractivity contribution is 4.89. The summed E-state index contributed by atoms with van der Waals surface area (Å²) in [5.41, 5.74) is 0. The molecule has 2 rings (SSSR count). The van der Waals surface area contributed by atoms with Gasteiger partial charge >= 0.3 is 0 Å². The summed E-state index contributed by atoms with van der Waals surface area (Å²) >= 11 is 0. The van der Waals surface area contributed by atoms with E-state index >= 15 is 0 Å². The molecule has 1 aromatic heterocycles. The van der Waals surface area contributed by atoms with Crippen LogP contribution in [0.25, 0.3) is 0 Å². The van der Waals surface area contributed by atoms with Gasteiger partial charge in [0, 0.05) is 26.3 Å². The van der Waals surface area contributed by atoms with Gasteiger partial charge in [0.1, 0.15) is 12.2 Å². The number of hydrogen-bond donors (Lipinski definition) is 0. The fourth-order valence-corrected chi connectivity index (χ4v) is 2.01. The van der Waals surface area contributed by atoms with E-state index in [-0.39, 0.29) is 6.29 Å². The monoisotopic (exact) mass is 240 g/mol. The lowest BCUT2D eigenvalue weighted by molar-refractivity contribution is -0.149. The quantitative estimate of drug-likeness (QED) is 0.677. The van der Waals surface area contributed by atoms with Crippen molar-refractivity contribution in [1.82, 2.24) is 19.7 Å². The van der Waals surface area contributed by atoms with Gasteiger partial charge in [-0.15, -0.1) is 10.2 Å². The van der Waals surface area contributed by atoms with Gasteiger partial charge in [-0.1, -0.05) is 0 Å². The minimum atomic E-state index is -0.139. The number of nitrogens with zero attached hydrogens (tertiary/aromatic N) is 4. The van der Waals surface area contributed by atoms with Crippen molar-refractivity contribution in [3.05, 3.63) is 12.2 Å². The molecule has 2 heterocycles. The van der Waals surface area contributed by atoms with E-state index in [1.807, 2.05) is 13.8 Å². The van der Waals surface area contributed by atoms with E-state index in [4.69, 9.17) is 9.47 Å². The summed E-state index contributed by atoms with van der Waals surface area (Å²) in [6, 6.07) is 0. The molecule has 0 aliphatic carbocycles. The fourth-order valence-electron chi connectivity index (χ4n) is 2.01. The van der Waals surface area contributed by atoms with E-state index in [0.29, 0.717) is 13.2 Å². The van der Waals surface area contributed by atoms with Crippen LogP contribution in [0.3, 0.4) is 0 Å². The molecule has 6 heteroatoms. The maximum absolute atomic E-state index is 5.55. The Morgan fingerprint density at radius 1 is 1.29 bits per heavy atom. The summed E-state index contributed by atoms with van der Waals surface area (Å²) in [6.45, 7) is 8.85. The Morgan fingerprint density at radius 2 is 2.06 bits per heavy atom. The van der Waals surface area contributed by atoms with Gasteiger partial charge < -0.3 is 14.0 Å². The number of aromatic nitrogens is 3. The Morgan fingerprint density at radius 3 is 2.76 bits per heavy atom. The van der Waals surface area contributed by atoms with E-state index in [1.165, 1.54) is 0 Å². The molecule has 0 radical (unpaired) electrons. The first-order valence-corrected chi connectivity index (χ1v) is 6.15. The van der Waals surface area contributed by atoms with Crippen LogP contribution >= 0.6 is 0 Å². The molecule has 0 unspecified atom stereocenters. The van der Waals surface area contributed by atoms with Crippen LogP contribution in [0.1, 0.15) is 19.7 Å². The number of rotatable bonds is 6. The predicted molar refractivity (Wildman–Crippen MR) is 62.3 cm³/mol. The van der Waals surface area contributed by atoms with Crippen LogP contribution in [0, 0.1) is 0 Å². The summed E-state index contributed by atoms with van der Waals surface area (Å²) < 4.78 is 13.2. The van der Waals surface area contributed by atoms with Gasteiger partial charge in [0.25, 0.3) is 0 Å². The third-order valence-corrected chi connectivity index (χ3v) is 2.83. The van der Waals surface area contributed by atoms with Crippen LogP contribution < -0.4 is 0 Å². The highest BCUT2D eigenvalue weighted by Crippen LogP contribution is 2.10. The zero-order chi connectivity index (χ0) is 12.1. The van der Waals surface area contributed by atoms with Crippen molar-refractivity contribution in [3.63, 3.8) is 0 Å². The van der Waals surface area contributed by atoms with Crippen molar-refractivity contribution < 1.29 is 9.47 Å². The number of hydrogen-bond acceptors (Lipinski definition) is 5. The second kappa shape index (κ2) is 6.09. The lowest BCUT2D eigenvalue weighted by Crippen LogP contribution is -2.40. The van der Waals surface area contributed by atoms with Gasteiger partial charge in [-0.05, 0) is 13.8 Å². The molecule has 6 nitrogen and oxygen atoms in total. The van der Waals surface area contributed by atoms with Crippen LogP contribution in [0.5, 0.6) is 0 Å². The Balaban J connectivity index is 1.87. The van der Waals surface area contributed by atoms with Crippen molar-refractivity contribution in [1.29, 1.82) is 0 Å². The van der Waals surface area contributed by atoms with E-state index in [1.54, 1.807) is 6.33 Å². The Kier molecular flexibility index (Phi) is 4.47. The van der Waals surface area contributed by atoms with Crippen molar-refractivity contribution in [2.45, 2.75) is 33.2 Å². The summed E-state index contributed by atoms with van der Waals surface area (Å²) in [6.07, 6.45) is 1.65. The topological polar surface area (TPSA) is 52.4 Å². The highest BCUT2D eigenvalue weighted by atomic mass is 16.7. The minimum Gasteiger partial charge on any atom is -0.352 e. The molecule has 17 heavy (non-hydrogen) atoms.